The van der Waals surface area contributed by atoms with Gasteiger partial charge in [0.05, 0.1) is 18.3 Å². The summed E-state index contributed by atoms with van der Waals surface area (Å²) in [5.74, 6) is -0.379. The summed E-state index contributed by atoms with van der Waals surface area (Å²) in [6.07, 6.45) is 3.43. The number of hydrogen-bond acceptors (Lipinski definition) is 3. The van der Waals surface area contributed by atoms with Crippen molar-refractivity contribution in [1.29, 1.82) is 0 Å². The number of carbonyl (C=O) groups is 1. The van der Waals surface area contributed by atoms with Gasteiger partial charge in [0, 0.05) is 11.6 Å². The highest BCUT2D eigenvalue weighted by Gasteiger charge is 2.08. The first kappa shape index (κ1) is 8.74. The van der Waals surface area contributed by atoms with Gasteiger partial charge in [-0.15, -0.1) is 0 Å². The molecule has 0 atom stereocenters. The number of nitrogens with one attached hydrogen (secondary N) is 1. The Balaban J connectivity index is 2.38. The summed E-state index contributed by atoms with van der Waals surface area (Å²) in [5.41, 5.74) is 1.26. The molecule has 0 saturated carbocycles. The molecule has 1 N–H and O–H groups in total. The SMILES string of the molecule is CCOC(=O)c1cc2cc[nH]c2cn1. The number of esters is 1. The van der Waals surface area contributed by atoms with E-state index in [9.17, 15) is 4.79 Å². The maximum atomic E-state index is 11.3. The lowest BCUT2D eigenvalue weighted by Crippen LogP contribution is -2.06. The van der Waals surface area contributed by atoms with E-state index in [2.05, 4.69) is 9.97 Å². The summed E-state index contributed by atoms with van der Waals surface area (Å²) in [4.78, 5) is 18.3. The van der Waals surface area contributed by atoms with E-state index >= 15 is 0 Å². The van der Waals surface area contributed by atoms with Crippen LogP contribution in [0.3, 0.4) is 0 Å². The molecule has 4 nitrogen and oxygen atoms in total. The quantitative estimate of drug-likeness (QED) is 0.734. The average molecular weight is 190 g/mol. The first-order chi connectivity index (χ1) is 6.81. The standard InChI is InChI=1S/C10H10N2O2/c1-2-14-10(13)8-5-7-3-4-11-9(7)6-12-8/h3-6,11H,2H2,1H3. The van der Waals surface area contributed by atoms with Crippen LogP contribution in [0.1, 0.15) is 17.4 Å². The van der Waals surface area contributed by atoms with Gasteiger partial charge < -0.3 is 9.72 Å². The largest absolute Gasteiger partial charge is 0.461 e. The van der Waals surface area contributed by atoms with Gasteiger partial charge in [-0.1, -0.05) is 0 Å². The van der Waals surface area contributed by atoms with E-state index in [4.69, 9.17) is 4.74 Å². The number of ether oxygens (including phenoxy) is 1. The number of rotatable bonds is 2. The molecular weight excluding hydrogens is 180 g/mol. The molecule has 4 heteroatoms. The molecular formula is C10H10N2O2. The maximum Gasteiger partial charge on any atom is 0.356 e. The van der Waals surface area contributed by atoms with Crippen LogP contribution in [-0.4, -0.2) is 22.5 Å². The molecule has 2 heterocycles. The smallest absolute Gasteiger partial charge is 0.356 e. The third-order valence-corrected chi connectivity index (χ3v) is 1.92. The topological polar surface area (TPSA) is 55.0 Å². The van der Waals surface area contributed by atoms with E-state index in [1.807, 2.05) is 6.07 Å². The van der Waals surface area contributed by atoms with Crippen molar-refractivity contribution in [3.05, 3.63) is 30.2 Å². The first-order valence-electron chi connectivity index (χ1n) is 4.41. The maximum absolute atomic E-state index is 11.3. The highest BCUT2D eigenvalue weighted by atomic mass is 16.5. The number of H-pyrrole nitrogens is 1. The van der Waals surface area contributed by atoms with Crippen molar-refractivity contribution in [2.75, 3.05) is 6.61 Å². The highest BCUT2D eigenvalue weighted by molar-refractivity contribution is 5.92. The Kier molecular flexibility index (Phi) is 2.18. The zero-order valence-electron chi connectivity index (χ0n) is 7.78. The van der Waals surface area contributed by atoms with Crippen LogP contribution in [0, 0.1) is 0 Å². The summed E-state index contributed by atoms with van der Waals surface area (Å²) >= 11 is 0. The fraction of sp³-hybridized carbons (Fsp3) is 0.200. The Bertz CT molecular complexity index is 462. The summed E-state index contributed by atoms with van der Waals surface area (Å²) in [7, 11) is 0. The third-order valence-electron chi connectivity index (χ3n) is 1.92. The minimum absolute atomic E-state index is 0.346. The molecule has 0 aromatic carbocycles. The van der Waals surface area contributed by atoms with Crippen molar-refractivity contribution in [3.8, 4) is 0 Å². The van der Waals surface area contributed by atoms with Crippen molar-refractivity contribution in [2.45, 2.75) is 6.92 Å². The summed E-state index contributed by atoms with van der Waals surface area (Å²) in [6, 6.07) is 3.60. The minimum atomic E-state index is -0.379. The van der Waals surface area contributed by atoms with Crippen molar-refractivity contribution >= 4 is 16.9 Å². The van der Waals surface area contributed by atoms with Gasteiger partial charge in [-0.05, 0) is 19.1 Å². The third kappa shape index (κ3) is 1.46. The van der Waals surface area contributed by atoms with Gasteiger partial charge in [0.1, 0.15) is 5.69 Å². The van der Waals surface area contributed by atoms with Crippen LogP contribution in [0.15, 0.2) is 24.5 Å². The van der Waals surface area contributed by atoms with Gasteiger partial charge in [0.15, 0.2) is 0 Å². The van der Waals surface area contributed by atoms with E-state index in [0.29, 0.717) is 12.3 Å². The van der Waals surface area contributed by atoms with Crippen molar-refractivity contribution < 1.29 is 9.53 Å². The van der Waals surface area contributed by atoms with E-state index in [-0.39, 0.29) is 5.97 Å². The molecule has 0 radical (unpaired) electrons. The second-order valence-electron chi connectivity index (χ2n) is 2.85. The lowest BCUT2D eigenvalue weighted by molar-refractivity contribution is 0.0520. The van der Waals surface area contributed by atoms with Gasteiger partial charge in [-0.3, -0.25) is 0 Å². The van der Waals surface area contributed by atoms with Gasteiger partial charge in [0.25, 0.3) is 0 Å². The molecule has 72 valence electrons. The molecule has 0 saturated heterocycles. The summed E-state index contributed by atoms with van der Waals surface area (Å²) in [6.45, 7) is 2.14. The number of aromatic nitrogens is 2. The van der Waals surface area contributed by atoms with E-state index in [0.717, 1.165) is 10.9 Å². The van der Waals surface area contributed by atoms with Gasteiger partial charge >= 0.3 is 5.97 Å². The molecule has 14 heavy (non-hydrogen) atoms. The Hall–Kier alpha value is -1.84. The second-order valence-corrected chi connectivity index (χ2v) is 2.85. The van der Waals surface area contributed by atoms with Crippen LogP contribution >= 0.6 is 0 Å². The van der Waals surface area contributed by atoms with Crippen LogP contribution in [0.5, 0.6) is 0 Å². The molecule has 0 aliphatic rings. The minimum Gasteiger partial charge on any atom is -0.461 e. The van der Waals surface area contributed by atoms with Crippen LogP contribution in [0.4, 0.5) is 0 Å². The molecule has 0 spiro atoms. The molecule has 0 aliphatic carbocycles. The molecule has 0 amide bonds. The number of fused-ring (bicyclic) bond motifs is 1. The van der Waals surface area contributed by atoms with Crippen molar-refractivity contribution in [1.82, 2.24) is 9.97 Å². The van der Waals surface area contributed by atoms with Crippen molar-refractivity contribution in [3.63, 3.8) is 0 Å². The molecule has 2 aromatic rings. The predicted octanol–water partition coefficient (Wildman–Crippen LogP) is 1.74. The lowest BCUT2D eigenvalue weighted by atomic mass is 10.2. The zero-order valence-corrected chi connectivity index (χ0v) is 7.78. The number of pyridine rings is 1. The number of aromatic amines is 1. The fourth-order valence-corrected chi connectivity index (χ4v) is 1.27. The van der Waals surface area contributed by atoms with E-state index < -0.39 is 0 Å². The Morgan fingerprint density at radius 1 is 1.64 bits per heavy atom. The van der Waals surface area contributed by atoms with Crippen LogP contribution in [-0.2, 0) is 4.74 Å². The Morgan fingerprint density at radius 2 is 2.50 bits per heavy atom. The Labute approximate surface area is 80.9 Å². The molecule has 0 fully saturated rings. The van der Waals surface area contributed by atoms with Gasteiger partial charge in [-0.2, -0.15) is 0 Å². The number of nitrogens with zero attached hydrogens (tertiary/aromatic N) is 1. The first-order valence-corrected chi connectivity index (χ1v) is 4.41. The average Bonchev–Trinajstić information content (AvgIpc) is 2.64. The Morgan fingerprint density at radius 3 is 3.29 bits per heavy atom. The fourth-order valence-electron chi connectivity index (χ4n) is 1.27. The van der Waals surface area contributed by atoms with Crippen molar-refractivity contribution in [2.24, 2.45) is 0 Å². The van der Waals surface area contributed by atoms with Crippen LogP contribution < -0.4 is 0 Å². The highest BCUT2D eigenvalue weighted by Crippen LogP contribution is 2.12. The summed E-state index contributed by atoms with van der Waals surface area (Å²) in [5, 5.41) is 0.961. The predicted molar refractivity (Wildman–Crippen MR) is 52.1 cm³/mol. The van der Waals surface area contributed by atoms with Crippen LogP contribution in [0.2, 0.25) is 0 Å². The molecule has 0 aliphatic heterocycles. The van der Waals surface area contributed by atoms with E-state index in [1.54, 1.807) is 25.4 Å². The van der Waals surface area contributed by atoms with Gasteiger partial charge in [0.2, 0.25) is 0 Å². The molecule has 0 unspecified atom stereocenters. The van der Waals surface area contributed by atoms with Gasteiger partial charge in [-0.25, -0.2) is 9.78 Å². The summed E-state index contributed by atoms with van der Waals surface area (Å²) < 4.78 is 4.84. The molecule has 2 rings (SSSR count). The number of hydrogen-bond donors (Lipinski definition) is 1. The van der Waals surface area contributed by atoms with Crippen LogP contribution in [0.25, 0.3) is 10.9 Å². The second kappa shape index (κ2) is 3.49. The number of carbonyl (C=O) groups excluding carboxylic acids is 1. The normalized spacial score (nSPS) is 10.4. The molecule has 0 bridgehead atoms. The molecule has 2 aromatic heterocycles. The zero-order chi connectivity index (χ0) is 9.97. The monoisotopic (exact) mass is 190 g/mol. The lowest BCUT2D eigenvalue weighted by Gasteiger charge is -2.00. The van der Waals surface area contributed by atoms with E-state index in [1.165, 1.54) is 0 Å².